The zero-order valence-corrected chi connectivity index (χ0v) is 12.6. The standard InChI is InChI=1S/C11H13NO2.K.H2O/c1-12-7-9(13)11-6-8-4-2-3-5-10(8)14-11;;/h2-6,9,12-13H,7H2,1H3;;1H2/q;+1;/p-1. The van der Waals surface area contributed by atoms with Crippen LogP contribution in [0.3, 0.4) is 0 Å². The Bertz CT molecular complexity index is 397. The van der Waals surface area contributed by atoms with Crippen molar-refractivity contribution >= 4 is 11.0 Å². The Labute approximate surface area is 137 Å². The number of aliphatic hydroxyl groups excluding tert-OH is 1. The van der Waals surface area contributed by atoms with Crippen molar-refractivity contribution in [2.24, 2.45) is 0 Å². The predicted octanol–water partition coefficient (Wildman–Crippen LogP) is -1.49. The Balaban J connectivity index is 0.00000112. The van der Waals surface area contributed by atoms with E-state index in [0.717, 1.165) is 11.0 Å². The normalized spacial score (nSPS) is 11.6. The quantitative estimate of drug-likeness (QED) is 0.648. The molecule has 0 saturated heterocycles. The number of benzene rings is 1. The van der Waals surface area contributed by atoms with E-state index in [1.807, 2.05) is 30.3 Å². The Hall–Kier alpha value is 0.276. The smallest absolute Gasteiger partial charge is 0.870 e. The van der Waals surface area contributed by atoms with Gasteiger partial charge < -0.3 is 20.3 Å². The summed E-state index contributed by atoms with van der Waals surface area (Å²) in [5.41, 5.74) is 0.817. The minimum absolute atomic E-state index is 0. The van der Waals surface area contributed by atoms with Crippen LogP contribution in [0.2, 0.25) is 0 Å². The van der Waals surface area contributed by atoms with Crippen molar-refractivity contribution < 1.29 is 66.4 Å². The first-order valence-corrected chi connectivity index (χ1v) is 4.62. The maximum Gasteiger partial charge on any atom is 1.00 e. The topological polar surface area (TPSA) is 75.4 Å². The van der Waals surface area contributed by atoms with Crippen molar-refractivity contribution in [2.45, 2.75) is 6.10 Å². The van der Waals surface area contributed by atoms with E-state index in [1.165, 1.54) is 0 Å². The van der Waals surface area contributed by atoms with Crippen molar-refractivity contribution in [3.8, 4) is 0 Å². The molecule has 5 heteroatoms. The monoisotopic (exact) mass is 247 g/mol. The Morgan fingerprint density at radius 1 is 1.38 bits per heavy atom. The summed E-state index contributed by atoms with van der Waals surface area (Å²) in [5, 5.41) is 13.6. The van der Waals surface area contributed by atoms with Crippen LogP contribution in [0.5, 0.6) is 0 Å². The van der Waals surface area contributed by atoms with E-state index in [4.69, 9.17) is 4.42 Å². The third-order valence-corrected chi connectivity index (χ3v) is 2.17. The van der Waals surface area contributed by atoms with Crippen LogP contribution >= 0.6 is 0 Å². The summed E-state index contributed by atoms with van der Waals surface area (Å²) < 4.78 is 5.49. The van der Waals surface area contributed by atoms with Crippen LogP contribution in [0, 0.1) is 0 Å². The van der Waals surface area contributed by atoms with Gasteiger partial charge >= 0.3 is 51.4 Å². The van der Waals surface area contributed by atoms with Crippen molar-refractivity contribution in [1.29, 1.82) is 0 Å². The van der Waals surface area contributed by atoms with Gasteiger partial charge in [0.05, 0.1) is 0 Å². The second-order valence-electron chi connectivity index (χ2n) is 3.26. The number of aliphatic hydroxyl groups is 1. The molecular formula is C11H14KNO3. The molecule has 1 aromatic carbocycles. The Morgan fingerprint density at radius 2 is 2.06 bits per heavy atom. The van der Waals surface area contributed by atoms with E-state index in [0.29, 0.717) is 12.3 Å². The van der Waals surface area contributed by atoms with Crippen molar-refractivity contribution in [3.63, 3.8) is 0 Å². The Kier molecular flexibility index (Phi) is 7.70. The number of fused-ring (bicyclic) bond motifs is 1. The van der Waals surface area contributed by atoms with Crippen molar-refractivity contribution in [1.82, 2.24) is 5.32 Å². The molecule has 4 nitrogen and oxygen atoms in total. The summed E-state index contributed by atoms with van der Waals surface area (Å²) >= 11 is 0. The third-order valence-electron chi connectivity index (χ3n) is 2.17. The average molecular weight is 247 g/mol. The minimum atomic E-state index is -0.576. The number of rotatable bonds is 3. The van der Waals surface area contributed by atoms with Crippen LogP contribution in [-0.2, 0) is 0 Å². The summed E-state index contributed by atoms with van der Waals surface area (Å²) in [6.45, 7) is 0.500. The number of nitrogens with one attached hydrogen (secondary N) is 1. The molecule has 0 spiro atoms. The molecular weight excluding hydrogens is 233 g/mol. The van der Waals surface area contributed by atoms with Gasteiger partial charge in [0.2, 0.25) is 0 Å². The first-order valence-electron chi connectivity index (χ1n) is 4.62. The first-order chi connectivity index (χ1) is 6.81. The molecule has 3 N–H and O–H groups in total. The summed E-state index contributed by atoms with van der Waals surface area (Å²) in [4.78, 5) is 0. The second kappa shape index (κ2) is 7.57. The molecule has 0 aliphatic carbocycles. The molecule has 2 aromatic rings. The fourth-order valence-corrected chi connectivity index (χ4v) is 1.46. The van der Waals surface area contributed by atoms with E-state index in [9.17, 15) is 5.11 Å². The molecule has 1 heterocycles. The van der Waals surface area contributed by atoms with E-state index in [2.05, 4.69) is 5.32 Å². The first kappa shape index (κ1) is 16.3. The average Bonchev–Trinajstić information content (AvgIpc) is 2.61. The van der Waals surface area contributed by atoms with Gasteiger partial charge in [-0.25, -0.2) is 0 Å². The van der Waals surface area contributed by atoms with Gasteiger partial charge in [-0.1, -0.05) is 18.2 Å². The van der Waals surface area contributed by atoms with Crippen molar-refractivity contribution in [2.75, 3.05) is 13.6 Å². The van der Waals surface area contributed by atoms with Gasteiger partial charge in [-0.05, 0) is 19.2 Å². The zero-order chi connectivity index (χ0) is 9.97. The maximum absolute atomic E-state index is 9.67. The van der Waals surface area contributed by atoms with Gasteiger partial charge in [-0.3, -0.25) is 0 Å². The fourth-order valence-electron chi connectivity index (χ4n) is 1.46. The molecule has 0 aliphatic rings. The predicted molar refractivity (Wildman–Crippen MR) is 57.0 cm³/mol. The van der Waals surface area contributed by atoms with Crippen LogP contribution in [0.15, 0.2) is 34.7 Å². The molecule has 0 amide bonds. The summed E-state index contributed by atoms with van der Waals surface area (Å²) in [6.07, 6.45) is -0.576. The molecule has 0 bridgehead atoms. The summed E-state index contributed by atoms with van der Waals surface area (Å²) in [6, 6.07) is 9.60. The SMILES string of the molecule is CNCC(O)c1cc2ccccc2o1.[K+].[OH-]. The van der Waals surface area contributed by atoms with Gasteiger partial charge in [0.25, 0.3) is 0 Å². The van der Waals surface area contributed by atoms with Gasteiger partial charge in [0.15, 0.2) is 0 Å². The molecule has 2 rings (SSSR count). The molecule has 0 radical (unpaired) electrons. The van der Waals surface area contributed by atoms with Crippen molar-refractivity contribution in [3.05, 3.63) is 36.1 Å². The third kappa shape index (κ3) is 3.64. The minimum Gasteiger partial charge on any atom is -0.870 e. The number of para-hydroxylation sites is 1. The van der Waals surface area contributed by atoms with Crippen LogP contribution < -0.4 is 56.7 Å². The van der Waals surface area contributed by atoms with Gasteiger partial charge in [0, 0.05) is 11.9 Å². The van der Waals surface area contributed by atoms with Gasteiger partial charge in [-0.15, -0.1) is 0 Å². The van der Waals surface area contributed by atoms with E-state index in [1.54, 1.807) is 7.05 Å². The number of hydrogen-bond acceptors (Lipinski definition) is 4. The van der Waals surface area contributed by atoms with Crippen LogP contribution in [0.4, 0.5) is 0 Å². The zero-order valence-electron chi connectivity index (χ0n) is 9.47. The van der Waals surface area contributed by atoms with Gasteiger partial charge in [-0.2, -0.15) is 0 Å². The fraction of sp³-hybridized carbons (Fsp3) is 0.273. The molecule has 1 atom stereocenters. The molecule has 1 aromatic heterocycles. The summed E-state index contributed by atoms with van der Waals surface area (Å²) in [5.74, 6) is 0.612. The second-order valence-corrected chi connectivity index (χ2v) is 3.26. The molecule has 0 fully saturated rings. The Morgan fingerprint density at radius 3 is 2.69 bits per heavy atom. The van der Waals surface area contributed by atoms with Gasteiger partial charge in [0.1, 0.15) is 17.4 Å². The number of hydrogen-bond donors (Lipinski definition) is 2. The molecule has 1 unspecified atom stereocenters. The van der Waals surface area contributed by atoms with E-state index < -0.39 is 6.10 Å². The maximum atomic E-state index is 9.67. The molecule has 0 aliphatic heterocycles. The number of furan rings is 1. The molecule has 16 heavy (non-hydrogen) atoms. The molecule has 82 valence electrons. The largest absolute Gasteiger partial charge is 1.00 e. The van der Waals surface area contributed by atoms with Crippen LogP contribution in [0.1, 0.15) is 11.9 Å². The van der Waals surface area contributed by atoms with Crippen LogP contribution in [-0.4, -0.2) is 24.2 Å². The van der Waals surface area contributed by atoms with Crippen LogP contribution in [0.25, 0.3) is 11.0 Å². The van der Waals surface area contributed by atoms with E-state index >= 15 is 0 Å². The van der Waals surface area contributed by atoms with E-state index in [-0.39, 0.29) is 56.9 Å². The number of likely N-dealkylation sites (N-methyl/N-ethyl adjacent to an activating group) is 1. The summed E-state index contributed by atoms with van der Waals surface area (Å²) in [7, 11) is 1.80. The molecule has 0 saturated carbocycles.